The van der Waals surface area contributed by atoms with E-state index in [1.54, 1.807) is 13.8 Å². The summed E-state index contributed by atoms with van der Waals surface area (Å²) in [7, 11) is 2.99. The van der Waals surface area contributed by atoms with Gasteiger partial charge in [0.2, 0.25) is 0 Å². The second-order valence-corrected chi connectivity index (χ2v) is 5.40. The molecule has 0 rings (SSSR count). The third-order valence-electron chi connectivity index (χ3n) is 2.92. The molecule has 5 heteroatoms. The van der Waals surface area contributed by atoms with Gasteiger partial charge in [0, 0.05) is 14.2 Å². The Hall–Kier alpha value is -0.200. The molecule has 0 fully saturated rings. The van der Waals surface area contributed by atoms with Crippen molar-refractivity contribution in [1.82, 2.24) is 0 Å². The van der Waals surface area contributed by atoms with Crippen LogP contribution in [-0.4, -0.2) is 49.2 Å². The molecule has 0 spiro atoms. The Morgan fingerprint density at radius 1 is 1.11 bits per heavy atom. The zero-order chi connectivity index (χ0) is 14.3. The van der Waals surface area contributed by atoms with Crippen LogP contribution in [0.15, 0.2) is 0 Å². The van der Waals surface area contributed by atoms with Crippen molar-refractivity contribution < 1.29 is 24.4 Å². The smallest absolute Gasteiger partial charge is 0.182 e. The number of rotatable bonds is 9. The summed E-state index contributed by atoms with van der Waals surface area (Å²) in [6.07, 6.45) is -0.841. The molecule has 0 aliphatic heterocycles. The van der Waals surface area contributed by atoms with E-state index in [0.717, 1.165) is 0 Å². The van der Waals surface area contributed by atoms with Crippen molar-refractivity contribution in [3.05, 3.63) is 0 Å². The van der Waals surface area contributed by atoms with Crippen LogP contribution in [0.5, 0.6) is 0 Å². The minimum Gasteiger partial charge on any atom is -0.388 e. The average molecular weight is 264 g/mol. The molecule has 0 aliphatic rings. The average Bonchev–Trinajstić information content (AvgIpc) is 2.24. The minimum absolute atomic E-state index is 0.124. The zero-order valence-electron chi connectivity index (χ0n) is 12.3. The summed E-state index contributed by atoms with van der Waals surface area (Å²) in [6, 6.07) is 0. The largest absolute Gasteiger partial charge is 0.388 e. The standard InChI is InChI=1S/C13H28O5/c1-9(2)10(8-18-13(3,4)15)7-11(14)12(16-5)17-6/h9-12,14-15H,7-8H2,1-6H3. The number of methoxy groups -OCH3 is 2. The lowest BCUT2D eigenvalue weighted by atomic mass is 9.90. The summed E-state index contributed by atoms with van der Waals surface area (Å²) in [5.41, 5.74) is 0. The summed E-state index contributed by atoms with van der Waals surface area (Å²) in [5, 5.41) is 19.5. The molecule has 0 saturated heterocycles. The van der Waals surface area contributed by atoms with Gasteiger partial charge in [-0.3, -0.25) is 0 Å². The highest BCUT2D eigenvalue weighted by molar-refractivity contribution is 4.71. The van der Waals surface area contributed by atoms with Gasteiger partial charge in [0.05, 0.1) is 6.61 Å². The van der Waals surface area contributed by atoms with Crippen molar-refractivity contribution in [3.63, 3.8) is 0 Å². The first-order valence-corrected chi connectivity index (χ1v) is 6.31. The summed E-state index contributed by atoms with van der Waals surface area (Å²) < 4.78 is 15.4. The van der Waals surface area contributed by atoms with Crippen LogP contribution in [0.2, 0.25) is 0 Å². The Labute approximate surface area is 110 Å². The van der Waals surface area contributed by atoms with Crippen LogP contribution in [-0.2, 0) is 14.2 Å². The van der Waals surface area contributed by atoms with Crippen molar-refractivity contribution in [3.8, 4) is 0 Å². The molecule has 2 atom stereocenters. The van der Waals surface area contributed by atoms with E-state index in [9.17, 15) is 10.2 Å². The normalized spacial score (nSPS) is 16.3. The predicted molar refractivity (Wildman–Crippen MR) is 69.0 cm³/mol. The third kappa shape index (κ3) is 7.28. The van der Waals surface area contributed by atoms with Gasteiger partial charge in [0.15, 0.2) is 12.1 Å². The highest BCUT2D eigenvalue weighted by atomic mass is 16.7. The van der Waals surface area contributed by atoms with Crippen LogP contribution in [0.25, 0.3) is 0 Å². The Morgan fingerprint density at radius 3 is 1.94 bits per heavy atom. The molecule has 0 saturated carbocycles. The van der Waals surface area contributed by atoms with Crippen molar-refractivity contribution in [1.29, 1.82) is 0 Å². The lowest BCUT2D eigenvalue weighted by Gasteiger charge is -2.29. The van der Waals surface area contributed by atoms with Crippen LogP contribution < -0.4 is 0 Å². The molecule has 0 amide bonds. The van der Waals surface area contributed by atoms with Gasteiger partial charge in [-0.2, -0.15) is 0 Å². The molecular formula is C13H28O5. The zero-order valence-corrected chi connectivity index (χ0v) is 12.3. The number of hydrogen-bond donors (Lipinski definition) is 2. The maximum Gasteiger partial charge on any atom is 0.182 e. The molecule has 0 aromatic rings. The van der Waals surface area contributed by atoms with Crippen molar-refractivity contribution in [2.75, 3.05) is 20.8 Å². The van der Waals surface area contributed by atoms with E-state index < -0.39 is 18.2 Å². The van der Waals surface area contributed by atoms with E-state index in [1.807, 2.05) is 0 Å². The van der Waals surface area contributed by atoms with Crippen molar-refractivity contribution in [2.45, 2.75) is 52.3 Å². The Morgan fingerprint density at radius 2 is 1.61 bits per heavy atom. The van der Waals surface area contributed by atoms with E-state index in [2.05, 4.69) is 13.8 Å². The van der Waals surface area contributed by atoms with Gasteiger partial charge in [-0.25, -0.2) is 0 Å². The molecular weight excluding hydrogens is 236 g/mol. The molecule has 110 valence electrons. The van der Waals surface area contributed by atoms with E-state index in [0.29, 0.717) is 18.9 Å². The molecule has 0 heterocycles. The quantitative estimate of drug-likeness (QED) is 0.616. The molecule has 5 nitrogen and oxygen atoms in total. The van der Waals surface area contributed by atoms with E-state index in [1.165, 1.54) is 14.2 Å². The first-order chi connectivity index (χ1) is 8.21. The van der Waals surface area contributed by atoms with Gasteiger partial charge in [-0.1, -0.05) is 13.8 Å². The van der Waals surface area contributed by atoms with Crippen LogP contribution in [0, 0.1) is 11.8 Å². The molecule has 0 aliphatic carbocycles. The number of hydrogen-bond acceptors (Lipinski definition) is 5. The summed E-state index contributed by atoms with van der Waals surface area (Å²) >= 11 is 0. The molecule has 0 radical (unpaired) electrons. The summed E-state index contributed by atoms with van der Waals surface area (Å²) in [5.74, 6) is -0.699. The van der Waals surface area contributed by atoms with Crippen LogP contribution in [0.4, 0.5) is 0 Å². The topological polar surface area (TPSA) is 68.2 Å². The van der Waals surface area contributed by atoms with E-state index >= 15 is 0 Å². The Kier molecular flexibility index (Phi) is 7.98. The number of aliphatic hydroxyl groups is 2. The monoisotopic (exact) mass is 264 g/mol. The van der Waals surface area contributed by atoms with Gasteiger partial charge in [0.1, 0.15) is 6.10 Å². The summed E-state index contributed by atoms with van der Waals surface area (Å²) in [4.78, 5) is 0. The maximum absolute atomic E-state index is 9.99. The highest BCUT2D eigenvalue weighted by Crippen LogP contribution is 2.22. The first kappa shape index (κ1) is 17.8. The molecule has 0 bridgehead atoms. The first-order valence-electron chi connectivity index (χ1n) is 6.31. The van der Waals surface area contributed by atoms with E-state index in [-0.39, 0.29) is 5.92 Å². The number of aliphatic hydroxyl groups excluding tert-OH is 1. The van der Waals surface area contributed by atoms with Gasteiger partial charge in [0.25, 0.3) is 0 Å². The SMILES string of the molecule is COC(OC)C(O)CC(COC(C)(C)O)C(C)C. The predicted octanol–water partition coefficient (Wildman–Crippen LogP) is 1.37. The van der Waals surface area contributed by atoms with Crippen molar-refractivity contribution >= 4 is 0 Å². The van der Waals surface area contributed by atoms with Gasteiger partial charge in [-0.15, -0.1) is 0 Å². The Balaban J connectivity index is 4.35. The van der Waals surface area contributed by atoms with Gasteiger partial charge in [-0.05, 0) is 32.1 Å². The second-order valence-electron chi connectivity index (χ2n) is 5.40. The number of ether oxygens (including phenoxy) is 3. The lowest BCUT2D eigenvalue weighted by Crippen LogP contribution is -2.35. The van der Waals surface area contributed by atoms with Crippen LogP contribution in [0.1, 0.15) is 34.1 Å². The Bertz CT molecular complexity index is 208. The molecule has 2 unspecified atom stereocenters. The minimum atomic E-state index is -1.15. The second kappa shape index (κ2) is 8.07. The third-order valence-corrected chi connectivity index (χ3v) is 2.92. The fourth-order valence-electron chi connectivity index (χ4n) is 1.68. The van der Waals surface area contributed by atoms with Gasteiger partial charge < -0.3 is 24.4 Å². The van der Waals surface area contributed by atoms with Crippen LogP contribution >= 0.6 is 0 Å². The molecule has 2 N–H and O–H groups in total. The molecule has 0 aromatic carbocycles. The molecule has 0 aromatic heterocycles. The highest BCUT2D eigenvalue weighted by Gasteiger charge is 2.26. The fourth-order valence-corrected chi connectivity index (χ4v) is 1.68. The van der Waals surface area contributed by atoms with Crippen molar-refractivity contribution in [2.24, 2.45) is 11.8 Å². The van der Waals surface area contributed by atoms with E-state index in [4.69, 9.17) is 14.2 Å². The fraction of sp³-hybridized carbons (Fsp3) is 1.00. The lowest BCUT2D eigenvalue weighted by molar-refractivity contribution is -0.196. The van der Waals surface area contributed by atoms with Crippen LogP contribution in [0.3, 0.4) is 0 Å². The molecule has 18 heavy (non-hydrogen) atoms. The van der Waals surface area contributed by atoms with Gasteiger partial charge >= 0.3 is 0 Å². The maximum atomic E-state index is 9.99. The summed E-state index contributed by atoms with van der Waals surface area (Å²) in [6.45, 7) is 7.68.